The molecule has 1 aromatic heterocycles. The van der Waals surface area contributed by atoms with E-state index in [0.717, 1.165) is 0 Å². The maximum Gasteiger partial charge on any atom is 0.387 e. The Balaban J connectivity index is 2.52. The SMILES string of the molecule is CC(=O)Nc1cc(-c2ccc(Cl)c(OC(F)F)c2F)ncc1Cl. The number of nitrogens with one attached hydrogen (secondary N) is 1. The van der Waals surface area contributed by atoms with E-state index in [9.17, 15) is 18.0 Å². The highest BCUT2D eigenvalue weighted by molar-refractivity contribution is 6.33. The minimum Gasteiger partial charge on any atom is -0.430 e. The number of pyridine rings is 1. The van der Waals surface area contributed by atoms with Crippen molar-refractivity contribution in [2.75, 3.05) is 5.32 Å². The van der Waals surface area contributed by atoms with E-state index in [2.05, 4.69) is 15.0 Å². The molecule has 0 atom stereocenters. The zero-order chi connectivity index (χ0) is 17.1. The lowest BCUT2D eigenvalue weighted by molar-refractivity contribution is -0.114. The van der Waals surface area contributed by atoms with Crippen LogP contribution in [0.2, 0.25) is 10.0 Å². The monoisotopic (exact) mass is 364 g/mol. The summed E-state index contributed by atoms with van der Waals surface area (Å²) in [6, 6.07) is 3.76. The Hall–Kier alpha value is -1.99. The number of nitrogens with zero attached hydrogens (tertiary/aromatic N) is 1. The Bertz CT molecular complexity index is 757. The molecule has 0 saturated carbocycles. The molecule has 0 radical (unpaired) electrons. The minimum absolute atomic E-state index is 0.0615. The lowest BCUT2D eigenvalue weighted by Crippen LogP contribution is -2.07. The van der Waals surface area contributed by atoms with Crippen molar-refractivity contribution in [1.29, 1.82) is 0 Å². The van der Waals surface area contributed by atoms with E-state index < -0.39 is 18.2 Å². The number of anilines is 1. The van der Waals surface area contributed by atoms with Crippen LogP contribution in [0, 0.1) is 5.82 Å². The number of rotatable bonds is 4. The quantitative estimate of drug-likeness (QED) is 0.851. The molecular formula is C14H9Cl2F3N2O2. The van der Waals surface area contributed by atoms with Crippen LogP contribution in [0.25, 0.3) is 11.3 Å². The first-order valence-electron chi connectivity index (χ1n) is 6.16. The van der Waals surface area contributed by atoms with Crippen molar-refractivity contribution in [2.45, 2.75) is 13.5 Å². The Morgan fingerprint density at radius 2 is 2.00 bits per heavy atom. The van der Waals surface area contributed by atoms with Gasteiger partial charge < -0.3 is 10.1 Å². The van der Waals surface area contributed by atoms with Gasteiger partial charge in [-0.25, -0.2) is 4.39 Å². The fourth-order valence-corrected chi connectivity index (χ4v) is 2.14. The van der Waals surface area contributed by atoms with E-state index in [-0.39, 0.29) is 32.9 Å². The van der Waals surface area contributed by atoms with Gasteiger partial charge in [0.15, 0.2) is 11.6 Å². The predicted molar refractivity (Wildman–Crippen MR) is 80.6 cm³/mol. The van der Waals surface area contributed by atoms with Gasteiger partial charge in [0.05, 0.1) is 21.4 Å². The molecular weight excluding hydrogens is 356 g/mol. The van der Waals surface area contributed by atoms with Crippen LogP contribution >= 0.6 is 23.2 Å². The third kappa shape index (κ3) is 4.05. The number of carbonyl (C=O) groups excluding carboxylic acids is 1. The molecule has 0 fully saturated rings. The molecule has 1 amide bonds. The summed E-state index contributed by atoms with van der Waals surface area (Å²) in [4.78, 5) is 15.0. The van der Waals surface area contributed by atoms with E-state index in [4.69, 9.17) is 23.2 Å². The summed E-state index contributed by atoms with van der Waals surface area (Å²) in [5.74, 6) is -2.26. The van der Waals surface area contributed by atoms with Crippen LogP contribution in [0.15, 0.2) is 24.4 Å². The molecule has 0 saturated heterocycles. The van der Waals surface area contributed by atoms with Gasteiger partial charge in [-0.05, 0) is 18.2 Å². The molecule has 0 aliphatic rings. The Morgan fingerprint density at radius 3 is 2.61 bits per heavy atom. The number of halogens is 5. The topological polar surface area (TPSA) is 51.2 Å². The van der Waals surface area contributed by atoms with Gasteiger partial charge in [0.1, 0.15) is 0 Å². The molecule has 1 N–H and O–H groups in total. The molecule has 122 valence electrons. The Labute approximate surface area is 139 Å². The van der Waals surface area contributed by atoms with Gasteiger partial charge in [0.25, 0.3) is 0 Å². The van der Waals surface area contributed by atoms with Gasteiger partial charge >= 0.3 is 6.61 Å². The number of hydrogen-bond acceptors (Lipinski definition) is 3. The highest BCUT2D eigenvalue weighted by atomic mass is 35.5. The highest BCUT2D eigenvalue weighted by Gasteiger charge is 2.20. The van der Waals surface area contributed by atoms with Crippen LogP contribution in [0.4, 0.5) is 18.9 Å². The molecule has 1 aromatic carbocycles. The first-order valence-corrected chi connectivity index (χ1v) is 6.91. The lowest BCUT2D eigenvalue weighted by atomic mass is 10.1. The summed E-state index contributed by atoms with van der Waals surface area (Å²) in [7, 11) is 0. The molecule has 2 aromatic rings. The number of benzene rings is 1. The van der Waals surface area contributed by atoms with Gasteiger partial charge in [-0.2, -0.15) is 8.78 Å². The van der Waals surface area contributed by atoms with E-state index in [1.165, 1.54) is 31.3 Å². The molecule has 9 heteroatoms. The van der Waals surface area contributed by atoms with Crippen molar-refractivity contribution in [3.8, 4) is 17.0 Å². The normalized spacial score (nSPS) is 10.7. The number of alkyl halides is 2. The number of ether oxygens (including phenoxy) is 1. The van der Waals surface area contributed by atoms with Crippen LogP contribution < -0.4 is 10.1 Å². The first-order chi connectivity index (χ1) is 10.8. The summed E-state index contributed by atoms with van der Waals surface area (Å²) in [5.41, 5.74) is 0.134. The van der Waals surface area contributed by atoms with E-state index in [1.54, 1.807) is 0 Å². The van der Waals surface area contributed by atoms with Crippen LogP contribution in [0.3, 0.4) is 0 Å². The number of carbonyl (C=O) groups is 1. The van der Waals surface area contributed by atoms with Gasteiger partial charge in [-0.3, -0.25) is 9.78 Å². The second-order valence-corrected chi connectivity index (χ2v) is 5.16. The smallest absolute Gasteiger partial charge is 0.387 e. The van der Waals surface area contributed by atoms with Crippen molar-refractivity contribution in [2.24, 2.45) is 0 Å². The number of aromatic nitrogens is 1. The average molecular weight is 365 g/mol. The molecule has 0 unspecified atom stereocenters. The van der Waals surface area contributed by atoms with Gasteiger partial charge in [0.2, 0.25) is 5.91 Å². The zero-order valence-electron chi connectivity index (χ0n) is 11.5. The van der Waals surface area contributed by atoms with Crippen molar-refractivity contribution in [1.82, 2.24) is 4.98 Å². The summed E-state index contributed by atoms with van der Waals surface area (Å²) in [6.07, 6.45) is 1.20. The number of hydrogen-bond donors (Lipinski definition) is 1. The van der Waals surface area contributed by atoms with E-state index in [0.29, 0.717) is 0 Å². The summed E-state index contributed by atoms with van der Waals surface area (Å²) in [5, 5.41) is 2.29. The van der Waals surface area contributed by atoms with Crippen molar-refractivity contribution < 1.29 is 22.7 Å². The maximum absolute atomic E-state index is 14.4. The average Bonchev–Trinajstić information content (AvgIpc) is 2.45. The van der Waals surface area contributed by atoms with E-state index >= 15 is 0 Å². The molecule has 0 bridgehead atoms. The third-order valence-electron chi connectivity index (χ3n) is 2.70. The van der Waals surface area contributed by atoms with Gasteiger partial charge in [-0.1, -0.05) is 23.2 Å². The van der Waals surface area contributed by atoms with Crippen LogP contribution in [-0.4, -0.2) is 17.5 Å². The lowest BCUT2D eigenvalue weighted by Gasteiger charge is -2.12. The Morgan fingerprint density at radius 1 is 1.30 bits per heavy atom. The van der Waals surface area contributed by atoms with E-state index in [1.807, 2.05) is 0 Å². The number of amides is 1. The molecule has 0 spiro atoms. The Kier molecular flexibility index (Phi) is 5.33. The molecule has 4 nitrogen and oxygen atoms in total. The third-order valence-corrected chi connectivity index (χ3v) is 3.30. The predicted octanol–water partition coefficient (Wildman–Crippen LogP) is 4.75. The highest BCUT2D eigenvalue weighted by Crippen LogP contribution is 2.36. The van der Waals surface area contributed by atoms with Crippen LogP contribution in [-0.2, 0) is 4.79 Å². The fraction of sp³-hybridized carbons (Fsp3) is 0.143. The molecule has 23 heavy (non-hydrogen) atoms. The van der Waals surface area contributed by atoms with Gasteiger partial charge in [-0.15, -0.1) is 0 Å². The van der Waals surface area contributed by atoms with Crippen LogP contribution in [0.5, 0.6) is 5.75 Å². The summed E-state index contributed by atoms with van der Waals surface area (Å²) in [6.45, 7) is -1.96. The minimum atomic E-state index is -3.23. The zero-order valence-corrected chi connectivity index (χ0v) is 13.1. The molecule has 0 aliphatic carbocycles. The summed E-state index contributed by atoms with van der Waals surface area (Å²) < 4.78 is 43.2. The molecule has 1 heterocycles. The molecule has 0 aliphatic heterocycles. The standard InChI is InChI=1S/C14H9Cl2F3N2O2/c1-6(22)21-11-4-10(20-5-9(11)16)7-2-3-8(15)13(12(7)17)23-14(18)19/h2-5,14H,1H3,(H,20,21,22). The maximum atomic E-state index is 14.4. The summed E-state index contributed by atoms with van der Waals surface area (Å²) >= 11 is 11.5. The molecule has 2 rings (SSSR count). The fourth-order valence-electron chi connectivity index (χ4n) is 1.80. The first kappa shape index (κ1) is 17.4. The van der Waals surface area contributed by atoms with Crippen molar-refractivity contribution in [3.63, 3.8) is 0 Å². The second kappa shape index (κ2) is 7.06. The second-order valence-electron chi connectivity index (χ2n) is 4.35. The van der Waals surface area contributed by atoms with Crippen molar-refractivity contribution >= 4 is 34.8 Å². The van der Waals surface area contributed by atoms with Gasteiger partial charge in [0, 0.05) is 18.7 Å². The van der Waals surface area contributed by atoms with Crippen molar-refractivity contribution in [3.05, 3.63) is 40.3 Å². The van der Waals surface area contributed by atoms with Crippen LogP contribution in [0.1, 0.15) is 6.92 Å². The largest absolute Gasteiger partial charge is 0.430 e.